The zero-order valence-corrected chi connectivity index (χ0v) is 10.5. The number of benzene rings is 1. The van der Waals surface area contributed by atoms with Crippen molar-refractivity contribution in [2.75, 3.05) is 6.54 Å². The lowest BCUT2D eigenvalue weighted by molar-refractivity contribution is 0.226. The molecule has 1 aromatic heterocycles. The standard InChI is InChI=1S/C15H17NO2/c1-11-6-7-17-15(11)10-16-9-13-8-12-4-2-3-5-14(12)18-13/h2-7,13,16H,8-10H2,1H3. The zero-order valence-electron chi connectivity index (χ0n) is 10.5. The van der Waals surface area contributed by atoms with Crippen LogP contribution in [0.3, 0.4) is 0 Å². The van der Waals surface area contributed by atoms with Gasteiger partial charge >= 0.3 is 0 Å². The predicted molar refractivity (Wildman–Crippen MR) is 69.7 cm³/mol. The summed E-state index contributed by atoms with van der Waals surface area (Å²) in [5.41, 5.74) is 2.50. The number of furan rings is 1. The molecule has 0 saturated carbocycles. The molecule has 0 saturated heterocycles. The Labute approximate surface area is 107 Å². The Morgan fingerprint density at radius 2 is 2.17 bits per heavy atom. The van der Waals surface area contributed by atoms with Crippen molar-refractivity contribution in [1.82, 2.24) is 5.32 Å². The van der Waals surface area contributed by atoms with E-state index in [1.807, 2.05) is 18.2 Å². The largest absolute Gasteiger partial charge is 0.488 e. The van der Waals surface area contributed by atoms with Crippen LogP contribution in [0.4, 0.5) is 0 Å². The fourth-order valence-electron chi connectivity index (χ4n) is 2.30. The first kappa shape index (κ1) is 11.4. The van der Waals surface area contributed by atoms with E-state index in [0.29, 0.717) is 0 Å². The van der Waals surface area contributed by atoms with Crippen molar-refractivity contribution >= 4 is 0 Å². The van der Waals surface area contributed by atoms with Gasteiger partial charge in [-0.25, -0.2) is 0 Å². The SMILES string of the molecule is Cc1ccoc1CNCC1Cc2ccccc2O1. The Bertz CT molecular complexity index is 508. The molecular formula is C15H17NO2. The normalized spacial score (nSPS) is 17.5. The molecule has 1 aromatic carbocycles. The molecule has 3 nitrogen and oxygen atoms in total. The molecule has 1 atom stereocenters. The van der Waals surface area contributed by atoms with E-state index < -0.39 is 0 Å². The molecule has 1 unspecified atom stereocenters. The highest BCUT2D eigenvalue weighted by Crippen LogP contribution is 2.27. The predicted octanol–water partition coefficient (Wildman–Crippen LogP) is 2.68. The van der Waals surface area contributed by atoms with E-state index in [0.717, 1.165) is 31.0 Å². The Kier molecular flexibility index (Phi) is 3.07. The lowest BCUT2D eigenvalue weighted by Gasteiger charge is -2.11. The highest BCUT2D eigenvalue weighted by molar-refractivity contribution is 5.37. The highest BCUT2D eigenvalue weighted by Gasteiger charge is 2.21. The van der Waals surface area contributed by atoms with Crippen molar-refractivity contribution in [1.29, 1.82) is 0 Å². The first-order valence-electron chi connectivity index (χ1n) is 6.31. The van der Waals surface area contributed by atoms with Crippen LogP contribution in [0.2, 0.25) is 0 Å². The van der Waals surface area contributed by atoms with Crippen LogP contribution in [-0.2, 0) is 13.0 Å². The Hall–Kier alpha value is -1.74. The molecule has 3 rings (SSSR count). The van der Waals surface area contributed by atoms with Gasteiger partial charge in [0, 0.05) is 13.0 Å². The molecule has 0 bridgehead atoms. The van der Waals surface area contributed by atoms with Crippen LogP contribution in [0.15, 0.2) is 41.0 Å². The van der Waals surface area contributed by atoms with Gasteiger partial charge in [0.05, 0.1) is 12.8 Å². The second kappa shape index (κ2) is 4.86. The van der Waals surface area contributed by atoms with Crippen LogP contribution in [0.25, 0.3) is 0 Å². The Morgan fingerprint density at radius 1 is 1.28 bits per heavy atom. The molecule has 1 aliphatic rings. The van der Waals surface area contributed by atoms with Gasteiger partial charge in [0.25, 0.3) is 0 Å². The number of ether oxygens (including phenoxy) is 1. The number of hydrogen-bond acceptors (Lipinski definition) is 3. The molecule has 0 fully saturated rings. The van der Waals surface area contributed by atoms with Gasteiger partial charge in [0.2, 0.25) is 0 Å². The molecule has 0 radical (unpaired) electrons. The quantitative estimate of drug-likeness (QED) is 0.896. The van der Waals surface area contributed by atoms with Crippen molar-refractivity contribution in [2.24, 2.45) is 0 Å². The summed E-state index contributed by atoms with van der Waals surface area (Å²) in [6, 6.07) is 10.2. The van der Waals surface area contributed by atoms with E-state index in [1.165, 1.54) is 11.1 Å². The maximum absolute atomic E-state index is 5.86. The minimum absolute atomic E-state index is 0.234. The van der Waals surface area contributed by atoms with Gasteiger partial charge < -0.3 is 14.5 Å². The van der Waals surface area contributed by atoms with E-state index in [4.69, 9.17) is 9.15 Å². The van der Waals surface area contributed by atoms with Crippen LogP contribution in [0.1, 0.15) is 16.9 Å². The summed E-state index contributed by atoms with van der Waals surface area (Å²) in [7, 11) is 0. The molecule has 1 aliphatic heterocycles. The summed E-state index contributed by atoms with van der Waals surface area (Å²) in [4.78, 5) is 0. The summed E-state index contributed by atoms with van der Waals surface area (Å²) in [6.45, 7) is 3.66. The van der Waals surface area contributed by atoms with Crippen LogP contribution in [0, 0.1) is 6.92 Å². The van der Waals surface area contributed by atoms with Crippen molar-refractivity contribution < 1.29 is 9.15 Å². The van der Waals surface area contributed by atoms with Crippen molar-refractivity contribution in [3.05, 3.63) is 53.5 Å². The molecule has 0 spiro atoms. The third-order valence-corrected chi connectivity index (χ3v) is 3.34. The monoisotopic (exact) mass is 243 g/mol. The molecule has 94 valence electrons. The van der Waals surface area contributed by atoms with Gasteiger partial charge in [-0.3, -0.25) is 0 Å². The Morgan fingerprint density at radius 3 is 2.94 bits per heavy atom. The van der Waals surface area contributed by atoms with E-state index in [2.05, 4.69) is 24.4 Å². The minimum Gasteiger partial charge on any atom is -0.488 e. The van der Waals surface area contributed by atoms with Gasteiger partial charge in [-0.1, -0.05) is 18.2 Å². The van der Waals surface area contributed by atoms with Crippen LogP contribution in [0.5, 0.6) is 5.75 Å². The molecule has 18 heavy (non-hydrogen) atoms. The smallest absolute Gasteiger partial charge is 0.123 e. The fraction of sp³-hybridized carbons (Fsp3) is 0.333. The summed E-state index contributed by atoms with van der Waals surface area (Å²) < 4.78 is 11.3. The average Bonchev–Trinajstić information content (AvgIpc) is 2.96. The molecule has 2 aromatic rings. The zero-order chi connectivity index (χ0) is 12.4. The lowest BCUT2D eigenvalue weighted by atomic mass is 10.1. The van der Waals surface area contributed by atoms with Crippen molar-refractivity contribution in [3.63, 3.8) is 0 Å². The molecule has 2 heterocycles. The van der Waals surface area contributed by atoms with E-state index >= 15 is 0 Å². The number of rotatable bonds is 4. The average molecular weight is 243 g/mol. The second-order valence-corrected chi connectivity index (χ2v) is 4.71. The van der Waals surface area contributed by atoms with E-state index in [1.54, 1.807) is 6.26 Å². The fourth-order valence-corrected chi connectivity index (χ4v) is 2.30. The third-order valence-electron chi connectivity index (χ3n) is 3.34. The van der Waals surface area contributed by atoms with Gasteiger partial charge in [0.1, 0.15) is 17.6 Å². The minimum atomic E-state index is 0.234. The second-order valence-electron chi connectivity index (χ2n) is 4.71. The van der Waals surface area contributed by atoms with E-state index in [-0.39, 0.29) is 6.10 Å². The maximum Gasteiger partial charge on any atom is 0.123 e. The van der Waals surface area contributed by atoms with Gasteiger partial charge in [-0.15, -0.1) is 0 Å². The number of aryl methyl sites for hydroxylation is 1. The van der Waals surface area contributed by atoms with E-state index in [9.17, 15) is 0 Å². The van der Waals surface area contributed by atoms with Crippen LogP contribution >= 0.6 is 0 Å². The molecule has 0 amide bonds. The first-order chi connectivity index (χ1) is 8.83. The van der Waals surface area contributed by atoms with Crippen molar-refractivity contribution in [2.45, 2.75) is 26.0 Å². The van der Waals surface area contributed by atoms with Gasteiger partial charge in [-0.05, 0) is 30.2 Å². The summed E-state index contributed by atoms with van der Waals surface area (Å²) >= 11 is 0. The molecule has 0 aliphatic carbocycles. The lowest BCUT2D eigenvalue weighted by Crippen LogP contribution is -2.29. The maximum atomic E-state index is 5.86. The Balaban J connectivity index is 1.50. The summed E-state index contributed by atoms with van der Waals surface area (Å²) in [5, 5.41) is 3.39. The van der Waals surface area contributed by atoms with Gasteiger partial charge in [-0.2, -0.15) is 0 Å². The van der Waals surface area contributed by atoms with Crippen LogP contribution in [-0.4, -0.2) is 12.6 Å². The molecule has 3 heteroatoms. The highest BCUT2D eigenvalue weighted by atomic mass is 16.5. The summed E-state index contributed by atoms with van der Waals surface area (Å²) in [6.07, 6.45) is 2.95. The first-order valence-corrected chi connectivity index (χ1v) is 6.31. The van der Waals surface area contributed by atoms with Gasteiger partial charge in [0.15, 0.2) is 0 Å². The number of fused-ring (bicyclic) bond motifs is 1. The van der Waals surface area contributed by atoms with Crippen LogP contribution < -0.4 is 10.1 Å². The number of hydrogen-bond donors (Lipinski definition) is 1. The number of nitrogens with one attached hydrogen (secondary N) is 1. The topological polar surface area (TPSA) is 34.4 Å². The summed E-state index contributed by atoms with van der Waals surface area (Å²) in [5.74, 6) is 2.03. The molecule has 1 N–H and O–H groups in total. The molecular weight excluding hydrogens is 226 g/mol. The number of para-hydroxylation sites is 1. The third kappa shape index (κ3) is 2.27. The van der Waals surface area contributed by atoms with Crippen molar-refractivity contribution in [3.8, 4) is 5.75 Å².